The van der Waals surface area contributed by atoms with Gasteiger partial charge in [-0.2, -0.15) is 0 Å². The third-order valence-corrected chi connectivity index (χ3v) is 4.27. The molecule has 2 rings (SSSR count). The molecule has 1 atom stereocenters. The average molecular weight is 513 g/mol. The van der Waals surface area contributed by atoms with Crippen LogP contribution >= 0.6 is 24.0 Å². The maximum absolute atomic E-state index is 9.91. The van der Waals surface area contributed by atoms with E-state index in [4.69, 9.17) is 9.47 Å². The number of nitrogens with one attached hydrogen (secondary N) is 2. The SMILES string of the molecule is CCNC(=NCc1cc(C)c(O)c(C)c1)NCC(C)Oc1ccccc1OC.I. The number of hydrogen-bond acceptors (Lipinski definition) is 4. The third-order valence-electron chi connectivity index (χ3n) is 4.27. The minimum atomic E-state index is -0.0710. The summed E-state index contributed by atoms with van der Waals surface area (Å²) < 4.78 is 11.3. The minimum absolute atomic E-state index is 0. The molecule has 0 saturated carbocycles. The summed E-state index contributed by atoms with van der Waals surface area (Å²) >= 11 is 0. The predicted molar refractivity (Wildman–Crippen MR) is 129 cm³/mol. The second-order valence-corrected chi connectivity index (χ2v) is 6.73. The molecule has 0 aliphatic carbocycles. The van der Waals surface area contributed by atoms with E-state index in [0.717, 1.165) is 34.9 Å². The van der Waals surface area contributed by atoms with Crippen LogP contribution < -0.4 is 20.1 Å². The molecule has 0 spiro atoms. The molecule has 0 fully saturated rings. The van der Waals surface area contributed by atoms with Crippen LogP contribution in [0.4, 0.5) is 0 Å². The first-order valence-corrected chi connectivity index (χ1v) is 9.55. The lowest BCUT2D eigenvalue weighted by molar-refractivity contribution is 0.213. The van der Waals surface area contributed by atoms with Crippen molar-refractivity contribution in [2.45, 2.75) is 40.3 Å². The van der Waals surface area contributed by atoms with Gasteiger partial charge in [0, 0.05) is 6.54 Å². The van der Waals surface area contributed by atoms with Crippen LogP contribution in [0.3, 0.4) is 0 Å². The van der Waals surface area contributed by atoms with Gasteiger partial charge in [-0.25, -0.2) is 4.99 Å². The molecule has 6 nitrogen and oxygen atoms in total. The van der Waals surface area contributed by atoms with E-state index in [1.807, 2.05) is 64.1 Å². The van der Waals surface area contributed by atoms with Crippen molar-refractivity contribution in [3.63, 3.8) is 0 Å². The number of benzene rings is 2. The highest BCUT2D eigenvalue weighted by atomic mass is 127. The lowest BCUT2D eigenvalue weighted by Gasteiger charge is -2.19. The van der Waals surface area contributed by atoms with Gasteiger partial charge in [0.15, 0.2) is 17.5 Å². The summed E-state index contributed by atoms with van der Waals surface area (Å²) in [6, 6.07) is 11.5. The quantitative estimate of drug-likeness (QED) is 0.281. The zero-order valence-electron chi connectivity index (χ0n) is 17.8. The van der Waals surface area contributed by atoms with Gasteiger partial charge in [0.2, 0.25) is 0 Å². The summed E-state index contributed by atoms with van der Waals surface area (Å²) in [5.41, 5.74) is 2.78. The molecule has 0 radical (unpaired) electrons. The van der Waals surface area contributed by atoms with Crippen LogP contribution in [-0.4, -0.2) is 37.4 Å². The Labute approximate surface area is 190 Å². The highest BCUT2D eigenvalue weighted by molar-refractivity contribution is 14.0. The van der Waals surface area contributed by atoms with Gasteiger partial charge in [-0.15, -0.1) is 24.0 Å². The normalized spacial score (nSPS) is 12.0. The molecule has 3 N–H and O–H groups in total. The number of aromatic hydroxyl groups is 1. The second kappa shape index (κ2) is 12.4. The summed E-state index contributed by atoms with van der Waals surface area (Å²) in [4.78, 5) is 4.64. The summed E-state index contributed by atoms with van der Waals surface area (Å²) in [7, 11) is 1.63. The van der Waals surface area contributed by atoms with Gasteiger partial charge in [0.1, 0.15) is 11.9 Å². The Morgan fingerprint density at radius 1 is 1.10 bits per heavy atom. The van der Waals surface area contributed by atoms with E-state index in [2.05, 4.69) is 15.6 Å². The van der Waals surface area contributed by atoms with Crippen LogP contribution in [-0.2, 0) is 6.54 Å². The number of aryl methyl sites for hydroxylation is 2. The molecule has 2 aromatic carbocycles. The fourth-order valence-electron chi connectivity index (χ4n) is 2.86. The number of ether oxygens (including phenoxy) is 2. The van der Waals surface area contributed by atoms with E-state index < -0.39 is 0 Å². The van der Waals surface area contributed by atoms with Crippen molar-refractivity contribution in [3.05, 3.63) is 53.1 Å². The Kier molecular flexibility index (Phi) is 10.6. The number of phenols is 1. The predicted octanol–water partition coefficient (Wildman–Crippen LogP) is 4.16. The minimum Gasteiger partial charge on any atom is -0.507 e. The van der Waals surface area contributed by atoms with Crippen molar-refractivity contribution >= 4 is 29.9 Å². The number of nitrogens with zero attached hydrogens (tertiary/aromatic N) is 1. The van der Waals surface area contributed by atoms with E-state index >= 15 is 0 Å². The monoisotopic (exact) mass is 513 g/mol. The molecule has 0 heterocycles. The molecule has 0 aliphatic heterocycles. The molecular weight excluding hydrogens is 481 g/mol. The first-order valence-electron chi connectivity index (χ1n) is 9.55. The lowest BCUT2D eigenvalue weighted by Crippen LogP contribution is -2.41. The Morgan fingerprint density at radius 2 is 1.72 bits per heavy atom. The standard InChI is InChI=1S/C22H31N3O3.HI/c1-6-23-22(25-14-18-11-15(2)21(26)16(3)12-18)24-13-17(4)28-20-10-8-7-9-19(20)27-5;/h7-12,17,26H,6,13-14H2,1-5H3,(H2,23,24,25);1H. The van der Waals surface area contributed by atoms with Crippen molar-refractivity contribution in [2.75, 3.05) is 20.2 Å². The molecule has 7 heteroatoms. The molecular formula is C22H32IN3O3. The topological polar surface area (TPSA) is 75.1 Å². The summed E-state index contributed by atoms with van der Waals surface area (Å²) in [6.45, 7) is 9.71. The lowest BCUT2D eigenvalue weighted by atomic mass is 10.1. The van der Waals surface area contributed by atoms with Crippen LogP contribution in [0.1, 0.15) is 30.5 Å². The summed E-state index contributed by atoms with van der Waals surface area (Å²) in [6.07, 6.45) is -0.0710. The first-order chi connectivity index (χ1) is 13.4. The van der Waals surface area contributed by atoms with Gasteiger partial charge in [-0.3, -0.25) is 0 Å². The maximum Gasteiger partial charge on any atom is 0.191 e. The van der Waals surface area contributed by atoms with Gasteiger partial charge in [0.05, 0.1) is 20.2 Å². The number of para-hydroxylation sites is 2. The van der Waals surface area contributed by atoms with Crippen LogP contribution in [0.25, 0.3) is 0 Å². The van der Waals surface area contributed by atoms with Crippen LogP contribution in [0, 0.1) is 13.8 Å². The van der Waals surface area contributed by atoms with E-state index in [0.29, 0.717) is 24.6 Å². The van der Waals surface area contributed by atoms with Crippen LogP contribution in [0.2, 0.25) is 0 Å². The Morgan fingerprint density at radius 3 is 2.31 bits per heavy atom. The fourth-order valence-corrected chi connectivity index (χ4v) is 2.86. The molecule has 0 aliphatic rings. The Balaban J connectivity index is 0.00000420. The van der Waals surface area contributed by atoms with Crippen LogP contribution in [0.15, 0.2) is 41.4 Å². The molecule has 160 valence electrons. The summed E-state index contributed by atoms with van der Waals surface area (Å²) in [5, 5.41) is 16.5. The number of rotatable bonds is 8. The van der Waals surface area contributed by atoms with Gasteiger partial charge in [0.25, 0.3) is 0 Å². The van der Waals surface area contributed by atoms with Gasteiger partial charge in [-0.05, 0) is 56.5 Å². The molecule has 0 bridgehead atoms. The molecule has 2 aromatic rings. The van der Waals surface area contributed by atoms with Crippen molar-refractivity contribution in [1.29, 1.82) is 0 Å². The van der Waals surface area contributed by atoms with E-state index in [-0.39, 0.29) is 30.1 Å². The zero-order chi connectivity index (χ0) is 20.5. The van der Waals surface area contributed by atoms with E-state index in [1.54, 1.807) is 7.11 Å². The first kappa shape index (κ1) is 24.9. The molecule has 0 saturated heterocycles. The fraction of sp³-hybridized carbons (Fsp3) is 0.409. The number of aliphatic imine (C=N–C) groups is 1. The van der Waals surface area contributed by atoms with Crippen LogP contribution in [0.5, 0.6) is 17.2 Å². The maximum atomic E-state index is 9.91. The van der Waals surface area contributed by atoms with Gasteiger partial charge >= 0.3 is 0 Å². The van der Waals surface area contributed by atoms with Crippen molar-refractivity contribution in [2.24, 2.45) is 4.99 Å². The summed E-state index contributed by atoms with van der Waals surface area (Å²) in [5.74, 6) is 2.51. The smallest absolute Gasteiger partial charge is 0.191 e. The number of phenolic OH excluding ortho intramolecular Hbond substituents is 1. The van der Waals surface area contributed by atoms with Crippen molar-refractivity contribution in [3.8, 4) is 17.2 Å². The van der Waals surface area contributed by atoms with Gasteiger partial charge < -0.3 is 25.2 Å². The third kappa shape index (κ3) is 7.64. The molecule has 0 amide bonds. The highest BCUT2D eigenvalue weighted by Gasteiger charge is 2.10. The molecule has 29 heavy (non-hydrogen) atoms. The highest BCUT2D eigenvalue weighted by Crippen LogP contribution is 2.26. The number of hydrogen-bond donors (Lipinski definition) is 3. The number of guanidine groups is 1. The number of halogens is 1. The van der Waals surface area contributed by atoms with E-state index in [9.17, 15) is 5.11 Å². The molecule has 0 aromatic heterocycles. The molecule has 1 unspecified atom stereocenters. The van der Waals surface area contributed by atoms with Crippen molar-refractivity contribution < 1.29 is 14.6 Å². The number of methoxy groups -OCH3 is 1. The Bertz CT molecular complexity index is 789. The van der Waals surface area contributed by atoms with Gasteiger partial charge in [-0.1, -0.05) is 24.3 Å². The Hall–Kier alpha value is -2.16. The average Bonchev–Trinajstić information content (AvgIpc) is 2.68. The largest absolute Gasteiger partial charge is 0.507 e. The second-order valence-electron chi connectivity index (χ2n) is 6.73. The van der Waals surface area contributed by atoms with Crippen molar-refractivity contribution in [1.82, 2.24) is 10.6 Å². The zero-order valence-corrected chi connectivity index (χ0v) is 20.1. The van der Waals surface area contributed by atoms with E-state index in [1.165, 1.54) is 0 Å².